The van der Waals surface area contributed by atoms with Gasteiger partial charge < -0.3 is 10.8 Å². The van der Waals surface area contributed by atoms with E-state index in [1.54, 1.807) is 12.1 Å². The van der Waals surface area contributed by atoms with Crippen molar-refractivity contribution in [1.29, 1.82) is 0 Å². The van der Waals surface area contributed by atoms with Crippen LogP contribution in [0.15, 0.2) is 29.4 Å². The average Bonchev–Trinajstić information content (AvgIpc) is 2.75. The molecule has 0 unspecified atom stereocenters. The second kappa shape index (κ2) is 4.83. The molecule has 1 aromatic carbocycles. The maximum atomic E-state index is 10.7. The number of amides is 1. The van der Waals surface area contributed by atoms with Gasteiger partial charge in [0.05, 0.1) is 11.4 Å². The minimum absolute atomic E-state index is 0.110. The standard InChI is InChI=1S/C9H9N5O2S/c10-8(16)5-17-9-11-12-13-14(9)6-1-3-7(15)4-2-6/h1-4,15H,5H2,(H2,10,16). The number of carbonyl (C=O) groups excluding carboxylic acids is 1. The lowest BCUT2D eigenvalue weighted by Crippen LogP contribution is -2.13. The summed E-state index contributed by atoms with van der Waals surface area (Å²) < 4.78 is 1.47. The van der Waals surface area contributed by atoms with Gasteiger partial charge in [0.1, 0.15) is 5.75 Å². The molecule has 1 amide bonds. The highest BCUT2D eigenvalue weighted by Gasteiger charge is 2.09. The Hall–Kier alpha value is -2.09. The van der Waals surface area contributed by atoms with E-state index < -0.39 is 5.91 Å². The number of carbonyl (C=O) groups is 1. The molecular formula is C9H9N5O2S. The molecule has 2 rings (SSSR count). The van der Waals surface area contributed by atoms with E-state index in [4.69, 9.17) is 5.73 Å². The fourth-order valence-electron chi connectivity index (χ4n) is 1.16. The highest BCUT2D eigenvalue weighted by molar-refractivity contribution is 7.99. The Morgan fingerprint density at radius 3 is 2.76 bits per heavy atom. The second-order valence-electron chi connectivity index (χ2n) is 3.14. The first-order chi connectivity index (χ1) is 8.16. The fraction of sp³-hybridized carbons (Fsp3) is 0.111. The molecule has 0 radical (unpaired) electrons. The number of tetrazole rings is 1. The molecule has 0 atom stereocenters. The van der Waals surface area contributed by atoms with Gasteiger partial charge in [-0.05, 0) is 34.7 Å². The molecule has 7 nitrogen and oxygen atoms in total. The molecule has 2 aromatic rings. The summed E-state index contributed by atoms with van der Waals surface area (Å²) in [5.41, 5.74) is 5.74. The highest BCUT2D eigenvalue weighted by atomic mass is 32.2. The van der Waals surface area contributed by atoms with Crippen LogP contribution in [-0.4, -0.2) is 37.0 Å². The third-order valence-corrected chi connectivity index (χ3v) is 2.82. The van der Waals surface area contributed by atoms with E-state index in [0.29, 0.717) is 10.8 Å². The van der Waals surface area contributed by atoms with Crippen LogP contribution in [0.1, 0.15) is 0 Å². The summed E-state index contributed by atoms with van der Waals surface area (Å²) in [6.07, 6.45) is 0. The first kappa shape index (κ1) is 11.4. The Bertz CT molecular complexity index is 524. The molecule has 1 aromatic heterocycles. The van der Waals surface area contributed by atoms with Gasteiger partial charge in [0.2, 0.25) is 11.1 Å². The number of thioether (sulfide) groups is 1. The number of rotatable bonds is 4. The number of nitrogens with two attached hydrogens (primary N) is 1. The first-order valence-corrected chi connectivity index (χ1v) is 5.64. The average molecular weight is 251 g/mol. The Labute approximate surface area is 101 Å². The third-order valence-electron chi connectivity index (χ3n) is 1.88. The summed E-state index contributed by atoms with van der Waals surface area (Å²) in [6, 6.07) is 6.39. The number of phenols is 1. The zero-order valence-corrected chi connectivity index (χ0v) is 9.46. The molecule has 0 fully saturated rings. The molecule has 0 aliphatic carbocycles. The lowest BCUT2D eigenvalue weighted by Gasteiger charge is -2.02. The summed E-state index contributed by atoms with van der Waals surface area (Å²) >= 11 is 1.15. The van der Waals surface area contributed by atoms with E-state index >= 15 is 0 Å². The number of primary amides is 1. The molecule has 0 spiro atoms. The lowest BCUT2D eigenvalue weighted by atomic mass is 10.3. The van der Waals surface area contributed by atoms with Crippen LogP contribution in [0.4, 0.5) is 0 Å². The van der Waals surface area contributed by atoms with E-state index in [1.165, 1.54) is 16.8 Å². The Morgan fingerprint density at radius 1 is 1.41 bits per heavy atom. The zero-order valence-electron chi connectivity index (χ0n) is 8.65. The monoisotopic (exact) mass is 251 g/mol. The van der Waals surface area contributed by atoms with Crippen LogP contribution in [0, 0.1) is 0 Å². The highest BCUT2D eigenvalue weighted by Crippen LogP contribution is 2.19. The van der Waals surface area contributed by atoms with Gasteiger partial charge >= 0.3 is 0 Å². The Morgan fingerprint density at radius 2 is 2.12 bits per heavy atom. The minimum atomic E-state index is -0.435. The van der Waals surface area contributed by atoms with Crippen molar-refractivity contribution in [2.24, 2.45) is 5.73 Å². The van der Waals surface area contributed by atoms with Crippen LogP contribution in [0.3, 0.4) is 0 Å². The van der Waals surface area contributed by atoms with Crippen molar-refractivity contribution in [3.8, 4) is 11.4 Å². The SMILES string of the molecule is NC(=O)CSc1nnnn1-c1ccc(O)cc1. The van der Waals surface area contributed by atoms with Crippen LogP contribution in [0.25, 0.3) is 5.69 Å². The lowest BCUT2D eigenvalue weighted by molar-refractivity contribution is -0.115. The summed E-state index contributed by atoms with van der Waals surface area (Å²) in [7, 11) is 0. The van der Waals surface area contributed by atoms with Crippen LogP contribution >= 0.6 is 11.8 Å². The quantitative estimate of drug-likeness (QED) is 0.737. The minimum Gasteiger partial charge on any atom is -0.508 e. The van der Waals surface area contributed by atoms with E-state index in [9.17, 15) is 9.90 Å². The molecule has 0 aliphatic heterocycles. The normalized spacial score (nSPS) is 10.4. The zero-order chi connectivity index (χ0) is 12.3. The van der Waals surface area contributed by atoms with Crippen molar-refractivity contribution in [1.82, 2.24) is 20.2 Å². The van der Waals surface area contributed by atoms with Gasteiger partial charge in [-0.2, -0.15) is 4.68 Å². The van der Waals surface area contributed by atoms with Crippen LogP contribution in [0.2, 0.25) is 0 Å². The summed E-state index contributed by atoms with van der Waals surface area (Å²) in [5, 5.41) is 20.7. The number of nitrogens with zero attached hydrogens (tertiary/aromatic N) is 4. The van der Waals surface area contributed by atoms with Crippen molar-refractivity contribution in [3.63, 3.8) is 0 Å². The number of hydrogen-bond donors (Lipinski definition) is 2. The van der Waals surface area contributed by atoms with Crippen LogP contribution < -0.4 is 5.73 Å². The molecule has 1 heterocycles. The maximum absolute atomic E-state index is 10.7. The van der Waals surface area contributed by atoms with Crippen molar-refractivity contribution in [2.45, 2.75) is 5.16 Å². The second-order valence-corrected chi connectivity index (χ2v) is 4.09. The first-order valence-electron chi connectivity index (χ1n) is 4.65. The molecule has 88 valence electrons. The predicted octanol–water partition coefficient (Wildman–Crippen LogP) is -0.0547. The number of benzene rings is 1. The van der Waals surface area contributed by atoms with Crippen LogP contribution in [0.5, 0.6) is 5.75 Å². The molecule has 3 N–H and O–H groups in total. The predicted molar refractivity (Wildman–Crippen MR) is 60.7 cm³/mol. The summed E-state index contributed by atoms with van der Waals surface area (Å²) in [6.45, 7) is 0. The summed E-state index contributed by atoms with van der Waals surface area (Å²) in [5.74, 6) is -0.165. The van der Waals surface area contributed by atoms with E-state index in [-0.39, 0.29) is 11.5 Å². The van der Waals surface area contributed by atoms with E-state index in [0.717, 1.165) is 11.8 Å². The van der Waals surface area contributed by atoms with E-state index in [2.05, 4.69) is 15.5 Å². The molecule has 17 heavy (non-hydrogen) atoms. The fourth-order valence-corrected chi connectivity index (χ4v) is 1.79. The largest absolute Gasteiger partial charge is 0.508 e. The van der Waals surface area contributed by atoms with Gasteiger partial charge in [-0.1, -0.05) is 11.8 Å². The number of aromatic hydroxyl groups is 1. The van der Waals surface area contributed by atoms with Gasteiger partial charge in [-0.15, -0.1) is 5.10 Å². The van der Waals surface area contributed by atoms with E-state index in [1.807, 2.05) is 0 Å². The smallest absolute Gasteiger partial charge is 0.227 e. The Kier molecular flexibility index (Phi) is 3.24. The molecule has 0 bridgehead atoms. The molecular weight excluding hydrogens is 242 g/mol. The Balaban J connectivity index is 2.24. The van der Waals surface area contributed by atoms with Gasteiger partial charge in [0.25, 0.3) is 0 Å². The van der Waals surface area contributed by atoms with Crippen LogP contribution in [-0.2, 0) is 4.79 Å². The summed E-state index contributed by atoms with van der Waals surface area (Å²) in [4.78, 5) is 10.7. The van der Waals surface area contributed by atoms with Gasteiger partial charge in [0.15, 0.2) is 0 Å². The van der Waals surface area contributed by atoms with Crippen molar-refractivity contribution in [3.05, 3.63) is 24.3 Å². The van der Waals surface area contributed by atoms with Gasteiger partial charge in [-0.3, -0.25) is 4.79 Å². The van der Waals surface area contributed by atoms with Gasteiger partial charge in [0, 0.05) is 0 Å². The molecule has 8 heteroatoms. The molecule has 0 saturated carbocycles. The van der Waals surface area contributed by atoms with Gasteiger partial charge in [-0.25, -0.2) is 0 Å². The van der Waals surface area contributed by atoms with Crippen molar-refractivity contribution >= 4 is 17.7 Å². The third kappa shape index (κ3) is 2.72. The number of hydrogen-bond acceptors (Lipinski definition) is 6. The molecule has 0 aliphatic rings. The number of aromatic nitrogens is 4. The maximum Gasteiger partial charge on any atom is 0.227 e. The van der Waals surface area contributed by atoms with Crippen molar-refractivity contribution in [2.75, 3.05) is 5.75 Å². The van der Waals surface area contributed by atoms with Crippen molar-refractivity contribution < 1.29 is 9.90 Å². The number of phenolic OH excluding ortho intramolecular Hbond substituents is 1. The topological polar surface area (TPSA) is 107 Å². The molecule has 0 saturated heterocycles.